The minimum atomic E-state index is -2.06. The molecular weight excluding hydrogens is 462 g/mol. The SMILES string of the molecule is CCCCCCCCc1ccc(OCC(O[Si](C)(C)C(C)(C)C)C2=NC(C(=O)OC)CS2)cc1. The van der Waals surface area contributed by atoms with Gasteiger partial charge in [-0.2, -0.15) is 0 Å². The van der Waals surface area contributed by atoms with E-state index < -0.39 is 14.4 Å². The van der Waals surface area contributed by atoms with Crippen LogP contribution in [0.1, 0.15) is 71.8 Å². The van der Waals surface area contributed by atoms with Gasteiger partial charge >= 0.3 is 5.97 Å². The predicted molar refractivity (Wildman–Crippen MR) is 147 cm³/mol. The van der Waals surface area contributed by atoms with Gasteiger partial charge in [0.1, 0.15) is 18.5 Å². The van der Waals surface area contributed by atoms with Gasteiger partial charge in [0, 0.05) is 5.75 Å². The molecule has 1 aromatic carbocycles. The summed E-state index contributed by atoms with van der Waals surface area (Å²) >= 11 is 1.57. The predicted octanol–water partition coefficient (Wildman–Crippen LogP) is 7.05. The monoisotopic (exact) mass is 507 g/mol. The Kier molecular flexibility index (Phi) is 11.6. The summed E-state index contributed by atoms with van der Waals surface area (Å²) in [6.45, 7) is 13.8. The van der Waals surface area contributed by atoms with Gasteiger partial charge in [-0.05, 0) is 48.7 Å². The first kappa shape index (κ1) is 28.9. The summed E-state index contributed by atoms with van der Waals surface area (Å²) in [5, 5.41) is 0.898. The molecule has 0 spiro atoms. The van der Waals surface area contributed by atoms with Crippen molar-refractivity contribution in [1.29, 1.82) is 0 Å². The fourth-order valence-electron chi connectivity index (χ4n) is 3.55. The Morgan fingerprint density at radius 2 is 1.76 bits per heavy atom. The number of methoxy groups -OCH3 is 1. The molecular formula is C27H45NO4SSi. The first-order valence-electron chi connectivity index (χ1n) is 12.7. The molecule has 0 radical (unpaired) electrons. The molecule has 0 saturated heterocycles. The number of carbonyl (C=O) groups is 1. The summed E-state index contributed by atoms with van der Waals surface area (Å²) in [4.78, 5) is 16.6. The normalized spacial score (nSPS) is 17.4. The Morgan fingerprint density at radius 3 is 2.38 bits per heavy atom. The minimum absolute atomic E-state index is 0.0645. The Bertz CT molecular complexity index is 789. The summed E-state index contributed by atoms with van der Waals surface area (Å²) in [5.74, 6) is 1.13. The van der Waals surface area contributed by atoms with E-state index in [0.717, 1.165) is 17.2 Å². The van der Waals surface area contributed by atoms with E-state index in [2.05, 4.69) is 70.0 Å². The van der Waals surface area contributed by atoms with Gasteiger partial charge < -0.3 is 13.9 Å². The summed E-state index contributed by atoms with van der Waals surface area (Å²) < 4.78 is 17.8. The van der Waals surface area contributed by atoms with Crippen molar-refractivity contribution in [3.63, 3.8) is 0 Å². The molecule has 0 aromatic heterocycles. The van der Waals surface area contributed by atoms with Crippen LogP contribution >= 0.6 is 11.8 Å². The van der Waals surface area contributed by atoms with Crippen molar-refractivity contribution in [3.05, 3.63) is 29.8 Å². The number of aryl methyl sites for hydroxylation is 1. The lowest BCUT2D eigenvalue weighted by atomic mass is 10.0. The van der Waals surface area contributed by atoms with E-state index >= 15 is 0 Å². The standard InChI is InChI=1S/C27H45NO4SSi/c1-8-9-10-11-12-13-14-21-15-17-22(18-16-21)31-19-24(32-34(6,7)27(2,3)4)25-28-23(20-33-25)26(29)30-5/h15-18,23-24H,8-14,19-20H2,1-7H3. The number of unbranched alkanes of at least 4 members (excludes halogenated alkanes) is 5. The molecule has 0 amide bonds. The van der Waals surface area contributed by atoms with Gasteiger partial charge in [0.05, 0.1) is 12.2 Å². The summed E-state index contributed by atoms with van der Waals surface area (Å²) in [6, 6.07) is 7.98. The molecule has 0 fully saturated rings. The van der Waals surface area contributed by atoms with Gasteiger partial charge in [0.15, 0.2) is 14.4 Å². The van der Waals surface area contributed by atoms with E-state index in [1.807, 2.05) is 0 Å². The highest BCUT2D eigenvalue weighted by molar-refractivity contribution is 8.14. The van der Waals surface area contributed by atoms with E-state index in [0.29, 0.717) is 12.4 Å². The van der Waals surface area contributed by atoms with Crippen molar-refractivity contribution in [2.24, 2.45) is 4.99 Å². The third-order valence-corrected chi connectivity index (χ3v) is 12.4. The van der Waals surface area contributed by atoms with Crippen molar-refractivity contribution in [2.45, 2.75) is 103 Å². The van der Waals surface area contributed by atoms with Crippen molar-refractivity contribution < 1.29 is 18.7 Å². The molecule has 1 aliphatic heterocycles. The number of rotatable bonds is 14. The largest absolute Gasteiger partial charge is 0.490 e. The fraction of sp³-hybridized carbons (Fsp3) is 0.704. The lowest BCUT2D eigenvalue weighted by molar-refractivity contribution is -0.141. The number of hydrogen-bond acceptors (Lipinski definition) is 6. The third-order valence-electron chi connectivity index (χ3n) is 6.81. The molecule has 1 aliphatic rings. The second-order valence-electron chi connectivity index (χ2n) is 10.7. The summed E-state index contributed by atoms with van der Waals surface area (Å²) in [6.07, 6.45) is 8.70. The highest BCUT2D eigenvalue weighted by Gasteiger charge is 2.41. The second-order valence-corrected chi connectivity index (χ2v) is 16.5. The summed E-state index contributed by atoms with van der Waals surface area (Å²) in [5.41, 5.74) is 1.36. The molecule has 192 valence electrons. The molecule has 1 aromatic rings. The van der Waals surface area contributed by atoms with E-state index in [9.17, 15) is 4.79 Å². The van der Waals surface area contributed by atoms with Gasteiger partial charge in [0.25, 0.3) is 0 Å². The number of benzene rings is 1. The number of carbonyl (C=O) groups excluding carboxylic acids is 1. The average Bonchev–Trinajstić information content (AvgIpc) is 3.28. The average molecular weight is 508 g/mol. The smallest absolute Gasteiger partial charge is 0.331 e. The van der Waals surface area contributed by atoms with Crippen LogP contribution in [0.2, 0.25) is 18.1 Å². The highest BCUT2D eigenvalue weighted by atomic mass is 32.2. The highest BCUT2D eigenvalue weighted by Crippen LogP contribution is 2.38. The lowest BCUT2D eigenvalue weighted by Crippen LogP contribution is -2.47. The Balaban J connectivity index is 1.98. The quantitative estimate of drug-likeness (QED) is 0.153. The Morgan fingerprint density at radius 1 is 1.12 bits per heavy atom. The second kappa shape index (κ2) is 13.7. The molecule has 0 N–H and O–H groups in total. The lowest BCUT2D eigenvalue weighted by Gasteiger charge is -2.39. The van der Waals surface area contributed by atoms with Gasteiger partial charge in [-0.25, -0.2) is 4.79 Å². The van der Waals surface area contributed by atoms with Crippen LogP contribution in [-0.2, 0) is 20.4 Å². The van der Waals surface area contributed by atoms with E-state index in [4.69, 9.17) is 13.9 Å². The summed E-state index contributed by atoms with van der Waals surface area (Å²) in [7, 11) is -0.652. The van der Waals surface area contributed by atoms with Crippen LogP contribution in [0.4, 0.5) is 0 Å². The first-order chi connectivity index (χ1) is 16.1. The molecule has 0 saturated carbocycles. The van der Waals surface area contributed by atoms with E-state index in [1.165, 1.54) is 51.2 Å². The van der Waals surface area contributed by atoms with E-state index in [-0.39, 0.29) is 17.1 Å². The van der Waals surface area contributed by atoms with Gasteiger partial charge in [-0.15, -0.1) is 11.8 Å². The maximum atomic E-state index is 12.0. The third kappa shape index (κ3) is 9.04. The molecule has 2 unspecified atom stereocenters. The van der Waals surface area contributed by atoms with Crippen molar-refractivity contribution in [2.75, 3.05) is 19.5 Å². The number of hydrogen-bond donors (Lipinski definition) is 0. The number of aliphatic imine (C=N–C) groups is 1. The number of nitrogens with zero attached hydrogens (tertiary/aromatic N) is 1. The molecule has 0 bridgehead atoms. The number of ether oxygens (including phenoxy) is 2. The molecule has 2 rings (SSSR count). The zero-order valence-electron chi connectivity index (χ0n) is 22.3. The Hall–Kier alpha value is -1.31. The molecule has 34 heavy (non-hydrogen) atoms. The Labute approximate surface area is 212 Å². The molecule has 0 aliphatic carbocycles. The number of esters is 1. The van der Waals surface area contributed by atoms with Crippen LogP contribution in [-0.4, -0.2) is 50.9 Å². The minimum Gasteiger partial charge on any atom is -0.490 e. The maximum absolute atomic E-state index is 12.0. The van der Waals surface area contributed by atoms with Crippen molar-refractivity contribution in [3.8, 4) is 5.75 Å². The van der Waals surface area contributed by atoms with Gasteiger partial charge in [-0.1, -0.05) is 71.9 Å². The van der Waals surface area contributed by atoms with Crippen LogP contribution in [0.3, 0.4) is 0 Å². The molecule has 5 nitrogen and oxygen atoms in total. The zero-order chi connectivity index (χ0) is 25.2. The maximum Gasteiger partial charge on any atom is 0.331 e. The van der Waals surface area contributed by atoms with Gasteiger partial charge in [-0.3, -0.25) is 4.99 Å². The van der Waals surface area contributed by atoms with Gasteiger partial charge in [0.2, 0.25) is 0 Å². The van der Waals surface area contributed by atoms with Crippen LogP contribution in [0.15, 0.2) is 29.3 Å². The van der Waals surface area contributed by atoms with Crippen LogP contribution in [0, 0.1) is 0 Å². The first-order valence-corrected chi connectivity index (χ1v) is 16.6. The zero-order valence-corrected chi connectivity index (χ0v) is 24.1. The van der Waals surface area contributed by atoms with Crippen LogP contribution < -0.4 is 4.74 Å². The topological polar surface area (TPSA) is 57.1 Å². The fourth-order valence-corrected chi connectivity index (χ4v) is 5.92. The molecule has 7 heteroatoms. The van der Waals surface area contributed by atoms with Crippen molar-refractivity contribution >= 4 is 31.1 Å². The van der Waals surface area contributed by atoms with Crippen LogP contribution in [0.25, 0.3) is 0 Å². The number of thioether (sulfide) groups is 1. The van der Waals surface area contributed by atoms with E-state index in [1.54, 1.807) is 11.8 Å². The molecule has 2 atom stereocenters. The van der Waals surface area contributed by atoms with Crippen LogP contribution in [0.5, 0.6) is 5.75 Å². The van der Waals surface area contributed by atoms with Crippen molar-refractivity contribution in [1.82, 2.24) is 0 Å². The molecule has 1 heterocycles.